The summed E-state index contributed by atoms with van der Waals surface area (Å²) in [6, 6.07) is 3.30. The van der Waals surface area contributed by atoms with Gasteiger partial charge in [0, 0.05) is 11.6 Å². The number of thiazole rings is 1. The van der Waals surface area contributed by atoms with Crippen molar-refractivity contribution in [1.29, 1.82) is 0 Å². The Morgan fingerprint density at radius 1 is 1.10 bits per heavy atom. The number of halogens is 2. The summed E-state index contributed by atoms with van der Waals surface area (Å²) < 4.78 is 31.4. The highest BCUT2D eigenvalue weighted by Crippen LogP contribution is 2.39. The van der Waals surface area contributed by atoms with Crippen LogP contribution in [-0.4, -0.2) is 53.2 Å². The molecule has 0 amide bonds. The van der Waals surface area contributed by atoms with E-state index in [-0.39, 0.29) is 24.7 Å². The first kappa shape index (κ1) is 31.6. The van der Waals surface area contributed by atoms with Crippen LogP contribution in [0.25, 0.3) is 0 Å². The van der Waals surface area contributed by atoms with Gasteiger partial charge in [-0.3, -0.25) is 0 Å². The van der Waals surface area contributed by atoms with Gasteiger partial charge in [0.2, 0.25) is 5.88 Å². The van der Waals surface area contributed by atoms with Crippen molar-refractivity contribution in [2.75, 3.05) is 31.1 Å². The van der Waals surface area contributed by atoms with Crippen LogP contribution in [0.3, 0.4) is 0 Å². The van der Waals surface area contributed by atoms with Gasteiger partial charge in [-0.05, 0) is 56.2 Å². The van der Waals surface area contributed by atoms with Gasteiger partial charge in [-0.1, -0.05) is 64.7 Å². The summed E-state index contributed by atoms with van der Waals surface area (Å²) in [6.45, 7) is 3.12. The lowest BCUT2D eigenvalue weighted by molar-refractivity contribution is -0.0265. The smallest absolute Gasteiger partial charge is 0.354 e. The minimum absolute atomic E-state index is 0.132. The quantitative estimate of drug-likeness (QED) is 0.171. The summed E-state index contributed by atoms with van der Waals surface area (Å²) in [5.41, 5.74) is 0.286. The third-order valence-electron chi connectivity index (χ3n) is 7.83. The number of carboxylic acids is 1. The van der Waals surface area contributed by atoms with Crippen molar-refractivity contribution in [2.24, 2.45) is 11.8 Å². The van der Waals surface area contributed by atoms with Crippen molar-refractivity contribution in [3.8, 4) is 5.88 Å². The van der Waals surface area contributed by atoms with Gasteiger partial charge in [-0.15, -0.1) is 11.3 Å². The molecule has 10 heteroatoms. The van der Waals surface area contributed by atoms with Gasteiger partial charge in [0.05, 0.1) is 25.7 Å². The van der Waals surface area contributed by atoms with Crippen LogP contribution in [-0.2, 0) is 0 Å². The number of nitrogens with one attached hydrogen (secondary N) is 1. The number of hydrogen-bond acceptors (Lipinski definition) is 7. The lowest BCUT2D eigenvalue weighted by Crippen LogP contribution is -2.56. The second kappa shape index (κ2) is 15.8. The van der Waals surface area contributed by atoms with Crippen LogP contribution in [0.15, 0.2) is 23.7 Å². The Morgan fingerprint density at radius 2 is 1.78 bits per heavy atom. The maximum Gasteiger partial charge on any atom is 0.354 e. The van der Waals surface area contributed by atoms with Gasteiger partial charge >= 0.3 is 5.97 Å². The fraction of sp³-hybridized carbons (Fsp3) is 0.710. The van der Waals surface area contributed by atoms with E-state index in [0.717, 1.165) is 25.3 Å². The Hall–Kier alpha value is -2.33. The SMILES string of the molecule is CCCCCCCCCCN[C@@H](CC1CC1)c1nccs1.O=C(O)c1ccc(N2CC(F)(F)C2)c(OCC2CC2)n1. The Morgan fingerprint density at radius 3 is 2.37 bits per heavy atom. The summed E-state index contributed by atoms with van der Waals surface area (Å²) >= 11 is 1.81. The van der Waals surface area contributed by atoms with Crippen LogP contribution in [0.2, 0.25) is 0 Å². The fourth-order valence-corrected chi connectivity index (χ4v) is 5.69. The molecule has 2 aliphatic carbocycles. The first-order valence-corrected chi connectivity index (χ1v) is 16.3. The van der Waals surface area contributed by atoms with Crippen LogP contribution in [0.1, 0.15) is 112 Å². The number of rotatable bonds is 18. The molecule has 228 valence electrons. The normalized spacial score (nSPS) is 18.3. The predicted octanol–water partition coefficient (Wildman–Crippen LogP) is 7.74. The molecule has 1 atom stereocenters. The molecule has 3 heterocycles. The summed E-state index contributed by atoms with van der Waals surface area (Å²) in [7, 11) is 0. The maximum atomic E-state index is 12.9. The summed E-state index contributed by atoms with van der Waals surface area (Å²) in [5, 5.41) is 16.1. The van der Waals surface area contributed by atoms with E-state index in [1.807, 2.05) is 6.20 Å². The van der Waals surface area contributed by atoms with E-state index in [1.54, 1.807) is 11.3 Å². The van der Waals surface area contributed by atoms with Gasteiger partial charge in [0.25, 0.3) is 5.92 Å². The zero-order valence-electron chi connectivity index (χ0n) is 24.3. The number of aromatic nitrogens is 2. The van der Waals surface area contributed by atoms with E-state index < -0.39 is 11.9 Å². The zero-order chi connectivity index (χ0) is 29.1. The predicted molar refractivity (Wildman–Crippen MR) is 159 cm³/mol. The fourth-order valence-electron chi connectivity index (χ4n) is 4.96. The molecule has 3 aliphatic rings. The Bertz CT molecular complexity index is 1060. The average Bonchev–Trinajstić information content (AvgIpc) is 3.88. The summed E-state index contributed by atoms with van der Waals surface area (Å²) in [5.74, 6) is -2.30. The average molecular weight is 593 g/mol. The number of ether oxygens (including phenoxy) is 1. The number of carboxylic acid groups (broad SMARTS) is 1. The van der Waals surface area contributed by atoms with Crippen molar-refractivity contribution in [2.45, 2.75) is 102 Å². The molecular weight excluding hydrogens is 546 g/mol. The van der Waals surface area contributed by atoms with Crippen molar-refractivity contribution in [1.82, 2.24) is 15.3 Å². The molecule has 0 unspecified atom stereocenters. The van der Waals surface area contributed by atoms with E-state index in [2.05, 4.69) is 27.6 Å². The zero-order valence-corrected chi connectivity index (χ0v) is 25.1. The highest BCUT2D eigenvalue weighted by atomic mass is 32.1. The Balaban J connectivity index is 0.000000189. The van der Waals surface area contributed by atoms with Gasteiger partial charge in [-0.25, -0.2) is 23.5 Å². The highest BCUT2D eigenvalue weighted by Gasteiger charge is 2.45. The van der Waals surface area contributed by atoms with Gasteiger partial charge in [0.1, 0.15) is 10.7 Å². The van der Waals surface area contributed by atoms with Crippen LogP contribution in [0.4, 0.5) is 14.5 Å². The van der Waals surface area contributed by atoms with Gasteiger partial charge in [-0.2, -0.15) is 0 Å². The second-order valence-corrected chi connectivity index (χ2v) is 12.7. The van der Waals surface area contributed by atoms with Crippen molar-refractivity contribution < 1.29 is 23.4 Å². The summed E-state index contributed by atoms with van der Waals surface area (Å²) in [4.78, 5) is 20.8. The number of nitrogens with zero attached hydrogens (tertiary/aromatic N) is 3. The number of anilines is 1. The monoisotopic (exact) mass is 592 g/mol. The minimum atomic E-state index is -2.70. The minimum Gasteiger partial charge on any atom is -0.477 e. The number of aromatic carboxylic acids is 1. The molecule has 2 aromatic rings. The van der Waals surface area contributed by atoms with Crippen LogP contribution in [0.5, 0.6) is 5.88 Å². The highest BCUT2D eigenvalue weighted by molar-refractivity contribution is 7.09. The summed E-state index contributed by atoms with van der Waals surface area (Å²) in [6.07, 6.45) is 19.4. The number of hydrogen-bond donors (Lipinski definition) is 2. The second-order valence-electron chi connectivity index (χ2n) is 11.8. The first-order valence-electron chi connectivity index (χ1n) is 15.5. The van der Waals surface area contributed by atoms with Crippen molar-refractivity contribution in [3.05, 3.63) is 34.4 Å². The molecule has 0 radical (unpaired) electrons. The van der Waals surface area contributed by atoms with Crippen LogP contribution in [0, 0.1) is 11.8 Å². The Kier molecular flexibility index (Phi) is 12.2. The van der Waals surface area contributed by atoms with Crippen molar-refractivity contribution in [3.63, 3.8) is 0 Å². The van der Waals surface area contributed by atoms with E-state index in [4.69, 9.17) is 9.84 Å². The molecule has 7 nitrogen and oxygen atoms in total. The van der Waals surface area contributed by atoms with E-state index in [1.165, 1.54) is 92.7 Å². The number of carbonyl (C=O) groups is 1. The Labute approximate surface area is 247 Å². The molecule has 41 heavy (non-hydrogen) atoms. The lowest BCUT2D eigenvalue weighted by Gasteiger charge is -2.40. The standard InChI is InChI=1S/C18H32N2S.C13H14F2N2O3/c1-2-3-4-5-6-7-8-9-12-19-17(15-16-10-11-16)18-20-13-14-21-18;14-13(15)6-17(7-13)10-4-3-9(12(18)19)16-11(10)20-5-8-1-2-8/h13-14,16-17,19H,2-12,15H2,1H3;3-4,8H,1-2,5-7H2,(H,18,19)/t17-;/m0./s1. The molecule has 2 aromatic heterocycles. The maximum absolute atomic E-state index is 12.9. The topological polar surface area (TPSA) is 87.6 Å². The number of pyridine rings is 1. The molecule has 1 saturated heterocycles. The molecule has 5 rings (SSSR count). The molecule has 3 fully saturated rings. The number of alkyl halides is 2. The first-order chi connectivity index (χ1) is 19.8. The third-order valence-corrected chi connectivity index (χ3v) is 8.72. The van der Waals surface area contributed by atoms with Gasteiger partial charge < -0.3 is 20.1 Å². The molecule has 2 saturated carbocycles. The van der Waals surface area contributed by atoms with E-state index >= 15 is 0 Å². The molecule has 0 aromatic carbocycles. The van der Waals surface area contributed by atoms with E-state index in [0.29, 0.717) is 24.3 Å². The molecule has 2 N–H and O–H groups in total. The molecule has 0 bridgehead atoms. The van der Waals surface area contributed by atoms with Crippen LogP contribution < -0.4 is 15.0 Å². The molecule has 0 spiro atoms. The van der Waals surface area contributed by atoms with Crippen LogP contribution >= 0.6 is 11.3 Å². The van der Waals surface area contributed by atoms with Gasteiger partial charge in [0.15, 0.2) is 5.69 Å². The van der Waals surface area contributed by atoms with E-state index in [9.17, 15) is 13.6 Å². The molecule has 1 aliphatic heterocycles. The van der Waals surface area contributed by atoms with Crippen molar-refractivity contribution >= 4 is 23.0 Å². The third kappa shape index (κ3) is 11.1. The lowest BCUT2D eigenvalue weighted by atomic mass is 10.1. The number of unbranched alkanes of at least 4 members (excludes halogenated alkanes) is 7. The largest absolute Gasteiger partial charge is 0.477 e. The molecular formula is C31H46F2N4O3S.